The van der Waals surface area contributed by atoms with Gasteiger partial charge in [0.1, 0.15) is 19.3 Å². The van der Waals surface area contributed by atoms with Gasteiger partial charge in [0.15, 0.2) is 0 Å². The monoisotopic (exact) mass is 153 g/mol. The maximum absolute atomic E-state index is 11.0. The van der Waals surface area contributed by atoms with E-state index in [0.717, 1.165) is 6.54 Å². The molecule has 2 rings (SSSR count). The van der Waals surface area contributed by atoms with Crippen LogP contribution >= 0.6 is 0 Å². The van der Waals surface area contributed by atoms with E-state index in [1.807, 2.05) is 22.5 Å². The summed E-state index contributed by atoms with van der Waals surface area (Å²) in [5.41, 5.74) is 0.638. The third kappa shape index (κ3) is 0.906. The quantitative estimate of drug-likeness (QED) is 0.371. The lowest BCUT2D eigenvalue weighted by Gasteiger charge is -2.07. The summed E-state index contributed by atoms with van der Waals surface area (Å²) in [6.07, 6.45) is 3.65. The maximum atomic E-state index is 11.0. The minimum atomic E-state index is -0.225. The topological polar surface area (TPSA) is 35.1 Å². The number of imidazole rings is 1. The Morgan fingerprint density at radius 2 is 2.55 bits per heavy atom. The second kappa shape index (κ2) is 2.08. The van der Waals surface area contributed by atoms with Crippen molar-refractivity contribution in [3.8, 4) is 0 Å². The molecular weight excluding hydrogens is 144 g/mol. The standard InChI is InChI=1S/C7H9N2O2/c1-8-4-6-7(10)11-3-2-9(6)5-8/h4-5H,2-3H2,1H3/q+1. The summed E-state index contributed by atoms with van der Waals surface area (Å²) in [6, 6.07) is 0. The van der Waals surface area contributed by atoms with E-state index in [4.69, 9.17) is 4.74 Å². The summed E-state index contributed by atoms with van der Waals surface area (Å²) in [5, 5.41) is 0. The van der Waals surface area contributed by atoms with E-state index in [1.165, 1.54) is 0 Å². The van der Waals surface area contributed by atoms with Gasteiger partial charge in [-0.15, -0.1) is 0 Å². The average molecular weight is 153 g/mol. The number of carbonyl (C=O) groups excluding carboxylic acids is 1. The molecule has 0 N–H and O–H groups in total. The lowest BCUT2D eigenvalue weighted by molar-refractivity contribution is -0.671. The van der Waals surface area contributed by atoms with Crippen LogP contribution < -0.4 is 4.57 Å². The molecule has 0 bridgehead atoms. The summed E-state index contributed by atoms with van der Waals surface area (Å²) >= 11 is 0. The predicted octanol–water partition coefficient (Wildman–Crippen LogP) is -0.517. The summed E-state index contributed by atoms with van der Waals surface area (Å²) in [4.78, 5) is 11.0. The van der Waals surface area contributed by atoms with Gasteiger partial charge in [0.05, 0.1) is 7.05 Å². The molecule has 0 saturated heterocycles. The van der Waals surface area contributed by atoms with Gasteiger partial charge in [-0.2, -0.15) is 0 Å². The van der Waals surface area contributed by atoms with Crippen LogP contribution in [-0.2, 0) is 18.3 Å². The second-order valence-corrected chi connectivity index (χ2v) is 2.62. The fraction of sp³-hybridized carbons (Fsp3) is 0.429. The van der Waals surface area contributed by atoms with Crippen molar-refractivity contribution in [1.29, 1.82) is 0 Å². The van der Waals surface area contributed by atoms with E-state index in [9.17, 15) is 4.79 Å². The molecule has 0 aliphatic carbocycles. The largest absolute Gasteiger partial charge is 0.455 e. The minimum absolute atomic E-state index is 0.225. The van der Waals surface area contributed by atoms with Crippen LogP contribution in [-0.4, -0.2) is 17.1 Å². The number of aromatic nitrogens is 2. The van der Waals surface area contributed by atoms with Crippen molar-refractivity contribution in [2.45, 2.75) is 6.54 Å². The Labute approximate surface area is 64.0 Å². The van der Waals surface area contributed by atoms with Crippen molar-refractivity contribution < 1.29 is 14.1 Å². The van der Waals surface area contributed by atoms with Gasteiger partial charge in [-0.25, -0.2) is 13.9 Å². The van der Waals surface area contributed by atoms with Gasteiger partial charge in [-0.3, -0.25) is 0 Å². The van der Waals surface area contributed by atoms with Crippen molar-refractivity contribution in [3.63, 3.8) is 0 Å². The maximum Gasteiger partial charge on any atom is 0.382 e. The number of esters is 1. The summed E-state index contributed by atoms with van der Waals surface area (Å²) in [5.74, 6) is -0.225. The first-order valence-corrected chi connectivity index (χ1v) is 3.50. The smallest absolute Gasteiger partial charge is 0.382 e. The van der Waals surface area contributed by atoms with Gasteiger partial charge < -0.3 is 4.74 Å². The normalized spacial score (nSPS) is 15.9. The Morgan fingerprint density at radius 3 is 3.27 bits per heavy atom. The zero-order valence-corrected chi connectivity index (χ0v) is 6.28. The summed E-state index contributed by atoms with van der Waals surface area (Å²) in [6.45, 7) is 1.25. The molecule has 0 spiro atoms. The van der Waals surface area contributed by atoms with E-state index < -0.39 is 0 Å². The van der Waals surface area contributed by atoms with E-state index in [0.29, 0.717) is 12.3 Å². The molecule has 0 atom stereocenters. The highest BCUT2D eigenvalue weighted by molar-refractivity contribution is 5.87. The first-order chi connectivity index (χ1) is 5.27. The third-order valence-electron chi connectivity index (χ3n) is 1.73. The number of nitrogens with zero attached hydrogens (tertiary/aromatic N) is 2. The molecule has 58 valence electrons. The van der Waals surface area contributed by atoms with Crippen LogP contribution in [0.15, 0.2) is 12.5 Å². The summed E-state index contributed by atoms with van der Waals surface area (Å²) in [7, 11) is 1.89. The van der Waals surface area contributed by atoms with Crippen molar-refractivity contribution in [1.82, 2.24) is 4.57 Å². The first-order valence-electron chi connectivity index (χ1n) is 3.50. The van der Waals surface area contributed by atoms with Crippen LogP contribution in [0.2, 0.25) is 0 Å². The molecule has 11 heavy (non-hydrogen) atoms. The Bertz CT molecular complexity index is 303. The van der Waals surface area contributed by atoms with Crippen LogP contribution in [0, 0.1) is 0 Å². The molecule has 4 nitrogen and oxygen atoms in total. The molecule has 2 heterocycles. The van der Waals surface area contributed by atoms with Crippen molar-refractivity contribution >= 4 is 5.97 Å². The molecule has 1 aliphatic rings. The highest BCUT2D eigenvalue weighted by atomic mass is 16.5. The van der Waals surface area contributed by atoms with Crippen LogP contribution in [0.1, 0.15) is 10.5 Å². The fourth-order valence-electron chi connectivity index (χ4n) is 1.24. The Balaban J connectivity index is 2.52. The molecule has 0 amide bonds. The minimum Gasteiger partial charge on any atom is -0.455 e. The van der Waals surface area contributed by atoms with Crippen molar-refractivity contribution in [3.05, 3.63) is 18.2 Å². The highest BCUT2D eigenvalue weighted by Crippen LogP contribution is 2.05. The van der Waals surface area contributed by atoms with Gasteiger partial charge in [0.25, 0.3) is 5.69 Å². The average Bonchev–Trinajstić information content (AvgIpc) is 2.31. The number of hydrogen-bond donors (Lipinski definition) is 0. The summed E-state index contributed by atoms with van der Waals surface area (Å²) < 4.78 is 8.59. The van der Waals surface area contributed by atoms with Gasteiger partial charge in [-0.05, 0) is 0 Å². The number of cyclic esters (lactones) is 1. The molecule has 0 aromatic carbocycles. The highest BCUT2D eigenvalue weighted by Gasteiger charge is 2.25. The first kappa shape index (κ1) is 6.39. The van der Waals surface area contributed by atoms with E-state index in [1.54, 1.807) is 6.20 Å². The Morgan fingerprint density at radius 1 is 1.73 bits per heavy atom. The van der Waals surface area contributed by atoms with Crippen molar-refractivity contribution in [2.24, 2.45) is 7.05 Å². The number of hydrogen-bond acceptors (Lipinski definition) is 2. The SMILES string of the molecule is C[n+]1cc2n(c1)CCOC2=O. The molecular formula is C7H9N2O2+. The molecule has 1 aromatic heterocycles. The number of carbonyl (C=O) groups is 1. The molecule has 4 heteroatoms. The lowest BCUT2D eigenvalue weighted by atomic mass is 10.4. The van der Waals surface area contributed by atoms with Gasteiger partial charge in [-0.1, -0.05) is 0 Å². The molecule has 1 aliphatic heterocycles. The Kier molecular flexibility index (Phi) is 1.21. The Hall–Kier alpha value is -1.32. The van der Waals surface area contributed by atoms with E-state index in [2.05, 4.69) is 0 Å². The van der Waals surface area contributed by atoms with Crippen LogP contribution in [0.3, 0.4) is 0 Å². The van der Waals surface area contributed by atoms with Gasteiger partial charge >= 0.3 is 5.97 Å². The molecule has 1 aromatic rings. The zero-order valence-electron chi connectivity index (χ0n) is 6.28. The molecule has 0 saturated carbocycles. The molecule has 0 radical (unpaired) electrons. The van der Waals surface area contributed by atoms with Crippen LogP contribution in [0.25, 0.3) is 0 Å². The van der Waals surface area contributed by atoms with Gasteiger partial charge in [0.2, 0.25) is 6.33 Å². The second-order valence-electron chi connectivity index (χ2n) is 2.62. The zero-order chi connectivity index (χ0) is 7.84. The third-order valence-corrected chi connectivity index (χ3v) is 1.73. The van der Waals surface area contributed by atoms with E-state index in [-0.39, 0.29) is 5.97 Å². The van der Waals surface area contributed by atoms with Crippen LogP contribution in [0.5, 0.6) is 0 Å². The number of rotatable bonds is 0. The van der Waals surface area contributed by atoms with Crippen molar-refractivity contribution in [2.75, 3.05) is 6.61 Å². The molecule has 0 fully saturated rings. The predicted molar refractivity (Wildman–Crippen MR) is 35.9 cm³/mol. The number of fused-ring (bicyclic) bond motifs is 1. The fourth-order valence-corrected chi connectivity index (χ4v) is 1.24. The lowest BCUT2D eigenvalue weighted by Crippen LogP contribution is -2.24. The molecule has 0 unspecified atom stereocenters. The number of aryl methyl sites for hydroxylation is 1. The van der Waals surface area contributed by atoms with Gasteiger partial charge in [0, 0.05) is 0 Å². The number of ether oxygens (including phenoxy) is 1. The van der Waals surface area contributed by atoms with E-state index >= 15 is 0 Å². The van der Waals surface area contributed by atoms with Crippen LogP contribution in [0.4, 0.5) is 0 Å².